The first-order valence-corrected chi connectivity index (χ1v) is 8.25. The van der Waals surface area contributed by atoms with Crippen LogP contribution < -0.4 is 10.1 Å². The van der Waals surface area contributed by atoms with Crippen molar-refractivity contribution in [1.82, 2.24) is 4.57 Å². The van der Waals surface area contributed by atoms with Crippen molar-refractivity contribution < 1.29 is 9.53 Å². The number of anilines is 1. The number of hydrogen-bond donors (Lipinski definition) is 1. The average Bonchev–Trinajstić information content (AvgIpc) is 2.92. The molecule has 0 saturated heterocycles. The van der Waals surface area contributed by atoms with Gasteiger partial charge in [0, 0.05) is 11.1 Å². The lowest BCUT2D eigenvalue weighted by atomic mass is 10.1. The second-order valence-electron chi connectivity index (χ2n) is 6.17. The molecule has 4 rings (SSSR count). The molecule has 0 bridgehead atoms. The molecule has 122 valence electrons. The molecule has 1 aliphatic heterocycles. The maximum Gasteiger partial charge on any atom is 0.272 e. The Labute approximate surface area is 145 Å². The molecule has 0 radical (unpaired) electrons. The highest BCUT2D eigenvalue weighted by Crippen LogP contribution is 2.36. The van der Waals surface area contributed by atoms with Crippen LogP contribution in [-0.4, -0.2) is 17.1 Å². The van der Waals surface area contributed by atoms with Crippen LogP contribution in [0.1, 0.15) is 21.6 Å². The summed E-state index contributed by atoms with van der Waals surface area (Å²) in [6, 6.07) is 11.5. The van der Waals surface area contributed by atoms with E-state index in [0.29, 0.717) is 23.9 Å². The molecule has 0 saturated carbocycles. The predicted octanol–water partition coefficient (Wildman–Crippen LogP) is 4.56. The minimum absolute atomic E-state index is 0.139. The molecule has 5 heteroatoms. The maximum atomic E-state index is 12.8. The standard InChI is InChI=1S/C19H17ClN2O2/c1-11-7-12(2)9-13(8-11)21-19(23)16-10-14-15(20)3-4-17-18(14)22(16)5-6-24-17/h3-4,7-10H,5-6H2,1-2H3,(H,21,23). The molecule has 4 nitrogen and oxygen atoms in total. The number of carbonyl (C=O) groups excluding carboxylic acids is 1. The summed E-state index contributed by atoms with van der Waals surface area (Å²) in [5.41, 5.74) is 4.52. The number of aryl methyl sites for hydroxylation is 2. The summed E-state index contributed by atoms with van der Waals surface area (Å²) in [6.45, 7) is 5.21. The van der Waals surface area contributed by atoms with Gasteiger partial charge in [-0.25, -0.2) is 0 Å². The summed E-state index contributed by atoms with van der Waals surface area (Å²) in [7, 11) is 0. The zero-order valence-electron chi connectivity index (χ0n) is 13.5. The topological polar surface area (TPSA) is 43.3 Å². The Kier molecular flexibility index (Phi) is 3.50. The molecule has 0 aliphatic carbocycles. The molecule has 0 unspecified atom stereocenters. The number of aromatic nitrogens is 1. The first kappa shape index (κ1) is 15.1. The number of hydrogen-bond acceptors (Lipinski definition) is 2. The molecule has 24 heavy (non-hydrogen) atoms. The SMILES string of the molecule is Cc1cc(C)cc(NC(=O)c2cc3c(Cl)ccc4c3n2CCO4)c1. The number of amides is 1. The van der Waals surface area contributed by atoms with Gasteiger partial charge in [0.05, 0.1) is 17.1 Å². The van der Waals surface area contributed by atoms with Crippen molar-refractivity contribution in [2.75, 3.05) is 11.9 Å². The zero-order valence-corrected chi connectivity index (χ0v) is 14.3. The van der Waals surface area contributed by atoms with Crippen molar-refractivity contribution in [3.63, 3.8) is 0 Å². The molecule has 0 fully saturated rings. The first-order valence-electron chi connectivity index (χ1n) is 7.87. The summed E-state index contributed by atoms with van der Waals surface area (Å²) < 4.78 is 7.67. The molecule has 0 spiro atoms. The molecule has 0 atom stereocenters. The molecule has 1 N–H and O–H groups in total. The van der Waals surface area contributed by atoms with Gasteiger partial charge in [-0.1, -0.05) is 17.7 Å². The van der Waals surface area contributed by atoms with Crippen LogP contribution in [0, 0.1) is 13.8 Å². The highest BCUT2D eigenvalue weighted by molar-refractivity contribution is 6.36. The van der Waals surface area contributed by atoms with Crippen molar-refractivity contribution in [1.29, 1.82) is 0 Å². The fraction of sp³-hybridized carbons (Fsp3) is 0.211. The Balaban J connectivity index is 1.78. The van der Waals surface area contributed by atoms with Crippen molar-refractivity contribution >= 4 is 34.1 Å². The van der Waals surface area contributed by atoms with Crippen LogP contribution in [0.3, 0.4) is 0 Å². The van der Waals surface area contributed by atoms with Gasteiger partial charge in [-0.3, -0.25) is 4.79 Å². The number of nitrogens with one attached hydrogen (secondary N) is 1. The normalized spacial score (nSPS) is 13.0. The Morgan fingerprint density at radius 3 is 2.67 bits per heavy atom. The van der Waals surface area contributed by atoms with Gasteiger partial charge >= 0.3 is 0 Å². The molecule has 3 aromatic rings. The molecule has 2 aromatic carbocycles. The van der Waals surface area contributed by atoms with Crippen LogP contribution in [0.4, 0.5) is 5.69 Å². The molecule has 1 aromatic heterocycles. The largest absolute Gasteiger partial charge is 0.490 e. The van der Waals surface area contributed by atoms with E-state index in [9.17, 15) is 4.79 Å². The maximum absolute atomic E-state index is 12.8. The highest BCUT2D eigenvalue weighted by Gasteiger charge is 2.23. The van der Waals surface area contributed by atoms with E-state index < -0.39 is 0 Å². The highest BCUT2D eigenvalue weighted by atomic mass is 35.5. The van der Waals surface area contributed by atoms with Gasteiger partial charge in [0.1, 0.15) is 18.1 Å². The first-order chi connectivity index (χ1) is 11.5. The third-order valence-electron chi connectivity index (χ3n) is 4.25. The fourth-order valence-electron chi connectivity index (χ4n) is 3.34. The van der Waals surface area contributed by atoms with Crippen LogP contribution in [0.25, 0.3) is 10.9 Å². The third kappa shape index (κ3) is 2.43. The molecular formula is C19H17ClN2O2. The lowest BCUT2D eigenvalue weighted by molar-refractivity contribution is 0.101. The smallest absolute Gasteiger partial charge is 0.272 e. The van der Waals surface area contributed by atoms with Gasteiger partial charge in [0.25, 0.3) is 5.91 Å². The van der Waals surface area contributed by atoms with Gasteiger partial charge in [0.2, 0.25) is 0 Å². The Morgan fingerprint density at radius 2 is 1.92 bits per heavy atom. The van der Waals surface area contributed by atoms with Gasteiger partial charge in [-0.05, 0) is 55.3 Å². The van der Waals surface area contributed by atoms with E-state index in [-0.39, 0.29) is 5.91 Å². The van der Waals surface area contributed by atoms with Crippen molar-refractivity contribution in [3.05, 3.63) is 58.2 Å². The number of halogens is 1. The predicted molar refractivity (Wildman–Crippen MR) is 96.3 cm³/mol. The minimum Gasteiger partial charge on any atom is -0.490 e. The van der Waals surface area contributed by atoms with E-state index >= 15 is 0 Å². The molecule has 1 aliphatic rings. The van der Waals surface area contributed by atoms with E-state index in [0.717, 1.165) is 33.5 Å². The van der Waals surface area contributed by atoms with E-state index in [1.165, 1.54) is 0 Å². The third-order valence-corrected chi connectivity index (χ3v) is 4.58. The Hall–Kier alpha value is -2.46. The number of ether oxygens (including phenoxy) is 1. The van der Waals surface area contributed by atoms with E-state index in [2.05, 4.69) is 11.4 Å². The van der Waals surface area contributed by atoms with Crippen molar-refractivity contribution in [3.8, 4) is 5.75 Å². The van der Waals surface area contributed by atoms with Gasteiger partial charge in [-0.2, -0.15) is 0 Å². The lowest BCUT2D eigenvalue weighted by Gasteiger charge is -2.19. The van der Waals surface area contributed by atoms with E-state index in [4.69, 9.17) is 16.3 Å². The van der Waals surface area contributed by atoms with Crippen LogP contribution >= 0.6 is 11.6 Å². The van der Waals surface area contributed by atoms with Gasteiger partial charge in [0.15, 0.2) is 0 Å². The molecule has 1 amide bonds. The number of nitrogens with zero attached hydrogens (tertiary/aromatic N) is 1. The minimum atomic E-state index is -0.139. The van der Waals surface area contributed by atoms with Crippen LogP contribution in [-0.2, 0) is 6.54 Å². The van der Waals surface area contributed by atoms with E-state index in [1.54, 1.807) is 6.07 Å². The van der Waals surface area contributed by atoms with Gasteiger partial charge < -0.3 is 14.6 Å². The lowest BCUT2D eigenvalue weighted by Crippen LogP contribution is -2.21. The summed E-state index contributed by atoms with van der Waals surface area (Å²) in [5, 5.41) is 4.47. The summed E-state index contributed by atoms with van der Waals surface area (Å²) in [6.07, 6.45) is 0. The second-order valence-corrected chi connectivity index (χ2v) is 6.58. The molecule has 2 heterocycles. The van der Waals surface area contributed by atoms with Gasteiger partial charge in [-0.15, -0.1) is 0 Å². The Bertz CT molecular complexity index is 955. The summed E-state index contributed by atoms with van der Waals surface area (Å²) in [4.78, 5) is 12.8. The van der Waals surface area contributed by atoms with Crippen LogP contribution in [0.2, 0.25) is 5.02 Å². The summed E-state index contributed by atoms with van der Waals surface area (Å²) >= 11 is 6.30. The monoisotopic (exact) mass is 340 g/mol. The van der Waals surface area contributed by atoms with Crippen LogP contribution in [0.5, 0.6) is 5.75 Å². The fourth-order valence-corrected chi connectivity index (χ4v) is 3.55. The van der Waals surface area contributed by atoms with E-state index in [1.807, 2.05) is 42.7 Å². The van der Waals surface area contributed by atoms with Crippen LogP contribution in [0.15, 0.2) is 36.4 Å². The number of rotatable bonds is 2. The quantitative estimate of drug-likeness (QED) is 0.743. The molecular weight excluding hydrogens is 324 g/mol. The number of benzene rings is 2. The second kappa shape index (κ2) is 5.56. The summed E-state index contributed by atoms with van der Waals surface area (Å²) in [5.74, 6) is 0.631. The van der Waals surface area contributed by atoms with Crippen molar-refractivity contribution in [2.45, 2.75) is 20.4 Å². The Morgan fingerprint density at radius 1 is 1.17 bits per heavy atom. The average molecular weight is 341 g/mol. The number of carbonyl (C=O) groups is 1. The zero-order chi connectivity index (χ0) is 16.8. The van der Waals surface area contributed by atoms with Crippen molar-refractivity contribution in [2.24, 2.45) is 0 Å².